The van der Waals surface area contributed by atoms with Crippen LogP contribution in [-0.2, 0) is 0 Å². The Morgan fingerprint density at radius 1 is 1.32 bits per heavy atom. The molecule has 0 heterocycles. The van der Waals surface area contributed by atoms with E-state index in [0.717, 1.165) is 11.8 Å². The van der Waals surface area contributed by atoms with Crippen molar-refractivity contribution in [1.82, 2.24) is 0 Å². The third-order valence-corrected chi connectivity index (χ3v) is 5.82. The van der Waals surface area contributed by atoms with E-state index < -0.39 is 0 Å². The van der Waals surface area contributed by atoms with Gasteiger partial charge in [-0.3, -0.25) is 0 Å². The molecule has 0 N–H and O–H groups in total. The van der Waals surface area contributed by atoms with E-state index >= 15 is 0 Å². The van der Waals surface area contributed by atoms with Crippen LogP contribution in [0.3, 0.4) is 0 Å². The average Bonchev–Trinajstić information content (AvgIpc) is 2.74. The molecular formula is C19H32. The molecule has 2 aliphatic carbocycles. The third-order valence-electron chi connectivity index (χ3n) is 5.82. The first-order valence-corrected chi connectivity index (χ1v) is 8.38. The molecule has 2 fully saturated rings. The van der Waals surface area contributed by atoms with E-state index in [2.05, 4.69) is 34.3 Å². The molecule has 0 aromatic rings. The second-order valence-corrected chi connectivity index (χ2v) is 7.37. The molecule has 0 heteroatoms. The van der Waals surface area contributed by atoms with Crippen LogP contribution in [0.5, 0.6) is 0 Å². The van der Waals surface area contributed by atoms with Crippen LogP contribution in [0.1, 0.15) is 79.1 Å². The zero-order chi connectivity index (χ0) is 14.0. The fourth-order valence-electron chi connectivity index (χ4n) is 4.49. The lowest BCUT2D eigenvalue weighted by atomic mass is 9.74. The van der Waals surface area contributed by atoms with Crippen molar-refractivity contribution >= 4 is 0 Å². The van der Waals surface area contributed by atoms with E-state index in [4.69, 9.17) is 0 Å². The summed E-state index contributed by atoms with van der Waals surface area (Å²) in [4.78, 5) is 0. The lowest BCUT2D eigenvalue weighted by molar-refractivity contribution is 0.282. The summed E-state index contributed by atoms with van der Waals surface area (Å²) in [5, 5.41) is 0. The first-order valence-electron chi connectivity index (χ1n) is 8.38. The van der Waals surface area contributed by atoms with Gasteiger partial charge in [-0.2, -0.15) is 0 Å². The molecular weight excluding hydrogens is 228 g/mol. The Morgan fingerprint density at radius 2 is 2.05 bits per heavy atom. The maximum absolute atomic E-state index is 4.50. The topological polar surface area (TPSA) is 0 Å². The van der Waals surface area contributed by atoms with Crippen molar-refractivity contribution in [3.63, 3.8) is 0 Å². The lowest BCUT2D eigenvalue weighted by Gasteiger charge is -2.31. The van der Waals surface area contributed by atoms with Crippen LogP contribution in [0, 0.1) is 17.3 Å². The van der Waals surface area contributed by atoms with Crippen molar-refractivity contribution in [3.05, 3.63) is 23.3 Å². The van der Waals surface area contributed by atoms with Gasteiger partial charge in [0.05, 0.1) is 0 Å². The van der Waals surface area contributed by atoms with Gasteiger partial charge >= 0.3 is 0 Å². The highest BCUT2D eigenvalue weighted by atomic mass is 14.5. The normalized spacial score (nSPS) is 37.4. The summed E-state index contributed by atoms with van der Waals surface area (Å²) in [6.07, 6.45) is 10.9. The number of allylic oxidation sites excluding steroid dienone is 3. The smallest absolute Gasteiger partial charge is 0.0131 e. The van der Waals surface area contributed by atoms with E-state index in [1.807, 2.05) is 0 Å². The highest BCUT2D eigenvalue weighted by molar-refractivity contribution is 5.38. The second-order valence-electron chi connectivity index (χ2n) is 7.37. The Labute approximate surface area is 120 Å². The number of hydrogen-bond acceptors (Lipinski definition) is 0. The predicted molar refractivity (Wildman–Crippen MR) is 85.2 cm³/mol. The Bertz CT molecular complexity index is 373. The predicted octanol–water partition coefficient (Wildman–Crippen LogP) is 6.29. The standard InChI is InChI=1S/C19H32/c1-6-8-11-19(5)12-16-9-10-17(14(3)7-2)15(4)18(16)13-19/h16,18H,4,6-13H2,1-3,5H3. The lowest BCUT2D eigenvalue weighted by Crippen LogP contribution is -2.18. The fraction of sp³-hybridized carbons (Fsp3) is 0.789. The molecule has 0 spiro atoms. The number of rotatable bonds is 4. The molecule has 0 radical (unpaired) electrons. The molecule has 3 atom stereocenters. The van der Waals surface area contributed by atoms with Gasteiger partial charge in [-0.15, -0.1) is 0 Å². The van der Waals surface area contributed by atoms with E-state index in [0.29, 0.717) is 5.41 Å². The molecule has 0 amide bonds. The van der Waals surface area contributed by atoms with Gasteiger partial charge in [-0.05, 0) is 73.8 Å². The molecule has 0 aromatic heterocycles. The summed E-state index contributed by atoms with van der Waals surface area (Å²) in [5.41, 5.74) is 5.33. The van der Waals surface area contributed by atoms with E-state index in [1.54, 1.807) is 11.1 Å². The first-order chi connectivity index (χ1) is 9.00. The van der Waals surface area contributed by atoms with Crippen molar-refractivity contribution in [2.45, 2.75) is 79.1 Å². The van der Waals surface area contributed by atoms with Crippen molar-refractivity contribution in [2.75, 3.05) is 0 Å². The molecule has 2 rings (SSSR count). The number of fused-ring (bicyclic) bond motifs is 1. The summed E-state index contributed by atoms with van der Waals surface area (Å²) < 4.78 is 0. The molecule has 2 saturated carbocycles. The molecule has 108 valence electrons. The molecule has 3 unspecified atom stereocenters. The van der Waals surface area contributed by atoms with Gasteiger partial charge in [0.1, 0.15) is 0 Å². The Kier molecular flexibility index (Phi) is 4.58. The van der Waals surface area contributed by atoms with Crippen LogP contribution >= 0.6 is 0 Å². The van der Waals surface area contributed by atoms with E-state index in [9.17, 15) is 0 Å². The quantitative estimate of drug-likeness (QED) is 0.557. The fourth-order valence-corrected chi connectivity index (χ4v) is 4.49. The van der Waals surface area contributed by atoms with Crippen LogP contribution in [0.15, 0.2) is 23.3 Å². The van der Waals surface area contributed by atoms with Crippen molar-refractivity contribution in [3.8, 4) is 0 Å². The molecule has 0 bridgehead atoms. The van der Waals surface area contributed by atoms with Gasteiger partial charge in [0.25, 0.3) is 0 Å². The Balaban J connectivity index is 2.11. The Hall–Kier alpha value is -0.520. The van der Waals surface area contributed by atoms with E-state index in [1.165, 1.54) is 56.9 Å². The second kappa shape index (κ2) is 5.85. The van der Waals surface area contributed by atoms with Crippen molar-refractivity contribution < 1.29 is 0 Å². The van der Waals surface area contributed by atoms with Crippen LogP contribution in [0.25, 0.3) is 0 Å². The molecule has 0 nitrogen and oxygen atoms in total. The maximum atomic E-state index is 4.50. The third kappa shape index (κ3) is 2.98. The van der Waals surface area contributed by atoms with Gasteiger partial charge in [0.15, 0.2) is 0 Å². The van der Waals surface area contributed by atoms with Crippen LogP contribution < -0.4 is 0 Å². The van der Waals surface area contributed by atoms with Gasteiger partial charge in [0, 0.05) is 0 Å². The minimum Gasteiger partial charge on any atom is -0.0953 e. The van der Waals surface area contributed by atoms with Gasteiger partial charge in [-0.25, -0.2) is 0 Å². The zero-order valence-electron chi connectivity index (χ0n) is 13.5. The summed E-state index contributed by atoms with van der Waals surface area (Å²) >= 11 is 0. The van der Waals surface area contributed by atoms with Gasteiger partial charge in [-0.1, -0.05) is 45.8 Å². The zero-order valence-corrected chi connectivity index (χ0v) is 13.5. The minimum atomic E-state index is 0.601. The monoisotopic (exact) mass is 260 g/mol. The van der Waals surface area contributed by atoms with Crippen LogP contribution in [0.2, 0.25) is 0 Å². The summed E-state index contributed by atoms with van der Waals surface area (Å²) in [6, 6.07) is 0. The van der Waals surface area contributed by atoms with Gasteiger partial charge < -0.3 is 0 Å². The molecule has 0 saturated heterocycles. The number of hydrogen-bond donors (Lipinski definition) is 0. The largest absolute Gasteiger partial charge is 0.0953 e. The molecule has 19 heavy (non-hydrogen) atoms. The highest BCUT2D eigenvalue weighted by Gasteiger charge is 2.44. The SMILES string of the molecule is C=C1C(=C(C)CC)CCC2CC(C)(CCCC)CC12. The Morgan fingerprint density at radius 3 is 2.68 bits per heavy atom. The summed E-state index contributed by atoms with van der Waals surface area (Å²) in [6.45, 7) is 13.9. The summed E-state index contributed by atoms with van der Waals surface area (Å²) in [7, 11) is 0. The molecule has 0 aromatic carbocycles. The molecule has 0 aliphatic heterocycles. The highest BCUT2D eigenvalue weighted by Crippen LogP contribution is 2.56. The summed E-state index contributed by atoms with van der Waals surface area (Å²) in [5.74, 6) is 1.73. The average molecular weight is 260 g/mol. The van der Waals surface area contributed by atoms with Gasteiger partial charge in [0.2, 0.25) is 0 Å². The van der Waals surface area contributed by atoms with E-state index in [-0.39, 0.29) is 0 Å². The minimum absolute atomic E-state index is 0.601. The van der Waals surface area contributed by atoms with Crippen molar-refractivity contribution in [1.29, 1.82) is 0 Å². The van der Waals surface area contributed by atoms with Crippen molar-refractivity contribution in [2.24, 2.45) is 17.3 Å². The maximum Gasteiger partial charge on any atom is -0.0131 e. The van der Waals surface area contributed by atoms with Crippen LogP contribution in [0.4, 0.5) is 0 Å². The van der Waals surface area contributed by atoms with Crippen LogP contribution in [-0.4, -0.2) is 0 Å². The first kappa shape index (κ1) is 14.9. The number of unbranched alkanes of at least 4 members (excludes halogenated alkanes) is 1. The molecule has 2 aliphatic rings.